The maximum atomic E-state index is 4.85. The number of para-hydroxylation sites is 1. The van der Waals surface area contributed by atoms with Gasteiger partial charge in [-0.25, -0.2) is 9.56 Å². The van der Waals surface area contributed by atoms with Crippen molar-refractivity contribution in [3.63, 3.8) is 0 Å². The number of pyridine rings is 1. The molecule has 4 nitrogen and oxygen atoms in total. The molecule has 1 aromatic heterocycles. The standard InChI is InChI=1S/C17H19N4/c1-19-12-7-10-15-16(19)21(14-8-3-2-4-9-14)17-18-11-5-6-13-20(15)17/h2-4,7-10,12H,5-6,11,13H2,1H3/q+1. The second-order valence-corrected chi connectivity index (χ2v) is 5.54. The third kappa shape index (κ3) is 1.90. The van der Waals surface area contributed by atoms with Crippen molar-refractivity contribution < 1.29 is 4.57 Å². The average molecular weight is 279 g/mol. The van der Waals surface area contributed by atoms with Crippen molar-refractivity contribution >= 4 is 23.2 Å². The van der Waals surface area contributed by atoms with Crippen molar-refractivity contribution in [1.82, 2.24) is 0 Å². The van der Waals surface area contributed by atoms with Gasteiger partial charge in [-0.05, 0) is 37.1 Å². The average Bonchev–Trinajstić information content (AvgIpc) is 2.68. The van der Waals surface area contributed by atoms with Crippen molar-refractivity contribution in [2.24, 2.45) is 12.0 Å². The van der Waals surface area contributed by atoms with Crippen LogP contribution in [0, 0.1) is 0 Å². The molecule has 2 aliphatic rings. The van der Waals surface area contributed by atoms with Crippen LogP contribution in [-0.4, -0.2) is 19.0 Å². The summed E-state index contributed by atoms with van der Waals surface area (Å²) < 4.78 is 2.18. The summed E-state index contributed by atoms with van der Waals surface area (Å²) in [4.78, 5) is 9.49. The fourth-order valence-corrected chi connectivity index (χ4v) is 3.15. The minimum Gasteiger partial charge on any atom is -0.285 e. The summed E-state index contributed by atoms with van der Waals surface area (Å²) in [7, 11) is 2.10. The number of hydrogen-bond donors (Lipinski definition) is 0. The van der Waals surface area contributed by atoms with E-state index in [4.69, 9.17) is 4.99 Å². The van der Waals surface area contributed by atoms with Crippen LogP contribution in [-0.2, 0) is 7.05 Å². The molecule has 4 heteroatoms. The van der Waals surface area contributed by atoms with Gasteiger partial charge in [0.25, 0.3) is 0 Å². The van der Waals surface area contributed by atoms with E-state index in [1.54, 1.807) is 0 Å². The van der Waals surface area contributed by atoms with Crippen LogP contribution >= 0.6 is 0 Å². The minimum atomic E-state index is 0.910. The number of aliphatic imine (C=N–C) groups is 1. The van der Waals surface area contributed by atoms with Crippen LogP contribution in [0.4, 0.5) is 17.2 Å². The number of fused-ring (bicyclic) bond motifs is 3. The Kier molecular flexibility index (Phi) is 2.88. The molecule has 0 amide bonds. The number of rotatable bonds is 1. The number of guanidine groups is 1. The molecule has 0 N–H and O–H groups in total. The Morgan fingerprint density at radius 2 is 1.90 bits per heavy atom. The first-order valence-corrected chi connectivity index (χ1v) is 7.52. The van der Waals surface area contributed by atoms with E-state index >= 15 is 0 Å². The molecule has 106 valence electrons. The van der Waals surface area contributed by atoms with Crippen LogP contribution in [0.2, 0.25) is 0 Å². The highest BCUT2D eigenvalue weighted by Gasteiger charge is 2.43. The quantitative estimate of drug-likeness (QED) is 0.749. The first kappa shape index (κ1) is 12.4. The molecule has 0 spiro atoms. The summed E-state index contributed by atoms with van der Waals surface area (Å²) in [5, 5.41) is 0. The van der Waals surface area contributed by atoms with Gasteiger partial charge < -0.3 is 0 Å². The van der Waals surface area contributed by atoms with Gasteiger partial charge in [0, 0.05) is 13.1 Å². The first-order valence-electron chi connectivity index (χ1n) is 7.52. The Morgan fingerprint density at radius 1 is 1.05 bits per heavy atom. The van der Waals surface area contributed by atoms with Gasteiger partial charge >= 0.3 is 11.8 Å². The molecule has 0 atom stereocenters. The van der Waals surface area contributed by atoms with Crippen molar-refractivity contribution in [3.05, 3.63) is 48.7 Å². The molecule has 0 aliphatic carbocycles. The molecule has 0 radical (unpaired) electrons. The lowest BCUT2D eigenvalue weighted by Gasteiger charge is -2.16. The molecule has 0 bridgehead atoms. The Labute approximate surface area is 125 Å². The normalized spacial score (nSPS) is 17.1. The molecule has 2 aromatic rings. The van der Waals surface area contributed by atoms with E-state index in [-0.39, 0.29) is 0 Å². The number of aromatic nitrogens is 1. The molecule has 0 unspecified atom stereocenters. The zero-order valence-corrected chi connectivity index (χ0v) is 12.2. The van der Waals surface area contributed by atoms with Crippen LogP contribution in [0.5, 0.6) is 0 Å². The van der Waals surface area contributed by atoms with Crippen LogP contribution in [0.3, 0.4) is 0 Å². The van der Waals surface area contributed by atoms with Gasteiger partial charge in [0.05, 0.1) is 13.2 Å². The Hall–Kier alpha value is -2.36. The number of aryl methyl sites for hydroxylation is 1. The molecule has 4 rings (SSSR count). The van der Waals surface area contributed by atoms with Crippen LogP contribution < -0.4 is 14.4 Å². The van der Waals surface area contributed by atoms with E-state index in [2.05, 4.69) is 70.1 Å². The van der Waals surface area contributed by atoms with Gasteiger partial charge in [-0.3, -0.25) is 4.90 Å². The Bertz CT molecular complexity index is 693. The fourth-order valence-electron chi connectivity index (χ4n) is 3.15. The number of hydrogen-bond acceptors (Lipinski definition) is 3. The smallest absolute Gasteiger partial charge is 0.285 e. The SMILES string of the molecule is C[n+]1cccc2c1N(c1ccccc1)C1=NCCCCN12. The predicted molar refractivity (Wildman–Crippen MR) is 85.1 cm³/mol. The molecule has 3 heterocycles. The second kappa shape index (κ2) is 4.88. The van der Waals surface area contributed by atoms with E-state index < -0.39 is 0 Å². The van der Waals surface area contributed by atoms with Gasteiger partial charge in [0.1, 0.15) is 11.4 Å². The van der Waals surface area contributed by atoms with E-state index in [1.807, 2.05) is 0 Å². The first-order chi connectivity index (χ1) is 10.4. The summed E-state index contributed by atoms with van der Waals surface area (Å²) in [6, 6.07) is 14.8. The van der Waals surface area contributed by atoms with Crippen molar-refractivity contribution in [3.8, 4) is 0 Å². The van der Waals surface area contributed by atoms with Crippen LogP contribution in [0.25, 0.3) is 0 Å². The molecule has 1 aromatic carbocycles. The summed E-state index contributed by atoms with van der Waals surface area (Å²) in [6.45, 7) is 1.95. The van der Waals surface area contributed by atoms with Gasteiger partial charge in [-0.1, -0.05) is 18.2 Å². The van der Waals surface area contributed by atoms with Crippen molar-refractivity contribution in [2.45, 2.75) is 12.8 Å². The summed E-state index contributed by atoms with van der Waals surface area (Å²) in [5.74, 6) is 2.26. The van der Waals surface area contributed by atoms with E-state index in [0.717, 1.165) is 25.5 Å². The Morgan fingerprint density at radius 3 is 2.76 bits per heavy atom. The number of benzene rings is 1. The lowest BCUT2D eigenvalue weighted by molar-refractivity contribution is -0.657. The third-order valence-electron chi connectivity index (χ3n) is 4.13. The van der Waals surface area contributed by atoms with Gasteiger partial charge in [0.15, 0.2) is 0 Å². The summed E-state index contributed by atoms with van der Waals surface area (Å²) in [6.07, 6.45) is 4.45. The second-order valence-electron chi connectivity index (χ2n) is 5.54. The van der Waals surface area contributed by atoms with Gasteiger partial charge in [-0.2, -0.15) is 4.90 Å². The molecule has 2 aliphatic heterocycles. The van der Waals surface area contributed by atoms with Gasteiger partial charge in [0.2, 0.25) is 0 Å². The maximum Gasteiger partial charge on any atom is 0.313 e. The lowest BCUT2D eigenvalue weighted by Crippen LogP contribution is -2.39. The highest BCUT2D eigenvalue weighted by Crippen LogP contribution is 2.39. The minimum absolute atomic E-state index is 0.910. The van der Waals surface area contributed by atoms with Crippen LogP contribution in [0.15, 0.2) is 53.7 Å². The van der Waals surface area contributed by atoms with Crippen molar-refractivity contribution in [2.75, 3.05) is 22.9 Å². The molecule has 0 saturated heterocycles. The van der Waals surface area contributed by atoms with Crippen molar-refractivity contribution in [1.29, 1.82) is 0 Å². The van der Waals surface area contributed by atoms with Gasteiger partial charge in [-0.15, -0.1) is 0 Å². The third-order valence-corrected chi connectivity index (χ3v) is 4.13. The number of nitrogens with zero attached hydrogens (tertiary/aromatic N) is 4. The highest BCUT2D eigenvalue weighted by molar-refractivity contribution is 6.18. The molecular weight excluding hydrogens is 260 g/mol. The summed E-state index contributed by atoms with van der Waals surface area (Å²) >= 11 is 0. The maximum absolute atomic E-state index is 4.85. The molecule has 21 heavy (non-hydrogen) atoms. The topological polar surface area (TPSA) is 22.7 Å². The monoisotopic (exact) mass is 279 g/mol. The predicted octanol–water partition coefficient (Wildman–Crippen LogP) is 2.62. The van der Waals surface area contributed by atoms with E-state index in [9.17, 15) is 0 Å². The zero-order valence-electron chi connectivity index (χ0n) is 12.2. The fraction of sp³-hybridized carbons (Fsp3) is 0.294. The van der Waals surface area contributed by atoms with E-state index in [0.29, 0.717) is 0 Å². The van der Waals surface area contributed by atoms with Crippen LogP contribution in [0.1, 0.15) is 12.8 Å². The highest BCUT2D eigenvalue weighted by atomic mass is 15.5. The molecular formula is C17H19N4+. The summed E-state index contributed by atoms with van der Waals surface area (Å²) in [5.41, 5.74) is 2.42. The van der Waals surface area contributed by atoms with E-state index in [1.165, 1.54) is 23.6 Å². The lowest BCUT2D eigenvalue weighted by atomic mass is 10.2. The molecule has 0 fully saturated rings. The number of anilines is 3. The zero-order chi connectivity index (χ0) is 14.2. The largest absolute Gasteiger partial charge is 0.313 e. The molecule has 0 saturated carbocycles. The Balaban J connectivity index is 1.94.